The van der Waals surface area contributed by atoms with Crippen molar-refractivity contribution in [3.8, 4) is 0 Å². The number of piperidine rings is 1. The van der Waals surface area contributed by atoms with Gasteiger partial charge in [0.2, 0.25) is 5.91 Å². The quantitative estimate of drug-likeness (QED) is 0.803. The lowest BCUT2D eigenvalue weighted by atomic mass is 10.1. The third-order valence-corrected chi connectivity index (χ3v) is 6.96. The molecule has 0 radical (unpaired) electrons. The molecule has 2 aliphatic heterocycles. The minimum absolute atomic E-state index is 0.117. The highest BCUT2D eigenvalue weighted by molar-refractivity contribution is 6.02. The maximum absolute atomic E-state index is 13.4. The van der Waals surface area contributed by atoms with Crippen LogP contribution in [0.2, 0.25) is 0 Å². The van der Waals surface area contributed by atoms with E-state index in [9.17, 15) is 9.59 Å². The molecular formula is C23H32N4O2. The van der Waals surface area contributed by atoms with E-state index >= 15 is 0 Å². The van der Waals surface area contributed by atoms with E-state index in [1.54, 1.807) is 0 Å². The molecule has 4 fully saturated rings. The molecule has 1 N–H and O–H groups in total. The molecule has 2 unspecified atom stereocenters. The van der Waals surface area contributed by atoms with Crippen LogP contribution in [0.15, 0.2) is 18.2 Å². The van der Waals surface area contributed by atoms with E-state index in [1.165, 1.54) is 6.42 Å². The van der Waals surface area contributed by atoms with Crippen LogP contribution in [0.25, 0.3) is 0 Å². The molecule has 1 aromatic rings. The summed E-state index contributed by atoms with van der Waals surface area (Å²) in [5.74, 6) is 2.02. The molecule has 2 aliphatic carbocycles. The van der Waals surface area contributed by atoms with Gasteiger partial charge in [-0.3, -0.25) is 14.5 Å². The molecule has 0 aromatic heterocycles. The molecule has 29 heavy (non-hydrogen) atoms. The summed E-state index contributed by atoms with van der Waals surface area (Å²) in [6.07, 6.45) is 4.48. The van der Waals surface area contributed by atoms with Crippen molar-refractivity contribution in [2.45, 2.75) is 32.6 Å². The van der Waals surface area contributed by atoms with Crippen molar-refractivity contribution >= 4 is 23.2 Å². The van der Waals surface area contributed by atoms with Crippen LogP contribution in [0.4, 0.5) is 11.4 Å². The Labute approximate surface area is 173 Å². The van der Waals surface area contributed by atoms with Crippen LogP contribution in [-0.4, -0.2) is 67.4 Å². The van der Waals surface area contributed by atoms with Crippen LogP contribution >= 0.6 is 0 Å². The first-order valence-corrected chi connectivity index (χ1v) is 11.3. The Kier molecular flexibility index (Phi) is 4.98. The van der Waals surface area contributed by atoms with Gasteiger partial charge in [-0.2, -0.15) is 0 Å². The second-order valence-electron chi connectivity index (χ2n) is 9.29. The van der Waals surface area contributed by atoms with Gasteiger partial charge in [0.05, 0.1) is 11.3 Å². The van der Waals surface area contributed by atoms with E-state index in [4.69, 9.17) is 0 Å². The lowest BCUT2D eigenvalue weighted by Crippen LogP contribution is -2.49. The number of carbonyl (C=O) groups is 2. The fourth-order valence-electron chi connectivity index (χ4n) is 4.90. The van der Waals surface area contributed by atoms with Gasteiger partial charge in [-0.1, -0.05) is 6.92 Å². The average molecular weight is 397 g/mol. The predicted molar refractivity (Wildman–Crippen MR) is 114 cm³/mol. The van der Waals surface area contributed by atoms with Gasteiger partial charge in [0, 0.05) is 50.9 Å². The molecule has 2 saturated heterocycles. The molecule has 156 valence electrons. The van der Waals surface area contributed by atoms with E-state index in [-0.39, 0.29) is 17.7 Å². The Hall–Kier alpha value is -2.08. The maximum atomic E-state index is 13.4. The Morgan fingerprint density at radius 3 is 2.45 bits per heavy atom. The van der Waals surface area contributed by atoms with Crippen molar-refractivity contribution in [1.82, 2.24) is 9.80 Å². The first kappa shape index (κ1) is 18.9. The van der Waals surface area contributed by atoms with Crippen LogP contribution < -0.4 is 10.2 Å². The Bertz CT molecular complexity index is 788. The largest absolute Gasteiger partial charge is 0.370 e. The number of rotatable bonds is 6. The summed E-state index contributed by atoms with van der Waals surface area (Å²) in [7, 11) is 0. The zero-order valence-corrected chi connectivity index (χ0v) is 17.4. The zero-order valence-electron chi connectivity index (χ0n) is 17.4. The van der Waals surface area contributed by atoms with Crippen LogP contribution in [-0.2, 0) is 4.79 Å². The number of nitrogens with zero attached hydrogens (tertiary/aromatic N) is 3. The molecule has 2 amide bonds. The van der Waals surface area contributed by atoms with Gasteiger partial charge in [0.1, 0.15) is 0 Å². The standard InChI is InChI=1S/C23H32N4O2/c1-2-7-25-8-10-26(11-9-25)23(29)20-6-5-19(24-22(28)16-3-4-16)13-21(20)27-14-17-12-18(17)15-27/h5-6,13,16-18H,2-4,7-12,14-15H2,1H3,(H,24,28). The highest BCUT2D eigenvalue weighted by Crippen LogP contribution is 2.47. The van der Waals surface area contributed by atoms with Crippen LogP contribution in [0.5, 0.6) is 0 Å². The summed E-state index contributed by atoms with van der Waals surface area (Å²) >= 11 is 0. The number of amides is 2. The molecule has 2 atom stereocenters. The van der Waals surface area contributed by atoms with Crippen LogP contribution in [0.1, 0.15) is 43.0 Å². The average Bonchev–Trinajstić information content (AvgIpc) is 3.67. The summed E-state index contributed by atoms with van der Waals surface area (Å²) in [6.45, 7) is 8.89. The number of carbonyl (C=O) groups excluding carboxylic acids is 2. The maximum Gasteiger partial charge on any atom is 0.256 e. The number of hydrogen-bond acceptors (Lipinski definition) is 4. The second-order valence-corrected chi connectivity index (χ2v) is 9.29. The fraction of sp³-hybridized carbons (Fsp3) is 0.652. The van der Waals surface area contributed by atoms with Gasteiger partial charge in [0.15, 0.2) is 0 Å². The van der Waals surface area contributed by atoms with Gasteiger partial charge < -0.3 is 15.1 Å². The molecular weight excluding hydrogens is 364 g/mol. The Morgan fingerprint density at radius 1 is 1.07 bits per heavy atom. The third-order valence-electron chi connectivity index (χ3n) is 6.96. The minimum Gasteiger partial charge on any atom is -0.370 e. The molecule has 2 heterocycles. The smallest absolute Gasteiger partial charge is 0.256 e. The predicted octanol–water partition coefficient (Wildman–Crippen LogP) is 2.66. The number of anilines is 2. The summed E-state index contributed by atoms with van der Waals surface area (Å²) in [4.78, 5) is 32.4. The second kappa shape index (κ2) is 7.63. The van der Waals surface area contributed by atoms with Crippen LogP contribution in [0.3, 0.4) is 0 Å². The van der Waals surface area contributed by atoms with E-state index < -0.39 is 0 Å². The number of hydrogen-bond donors (Lipinski definition) is 1. The lowest BCUT2D eigenvalue weighted by Gasteiger charge is -2.35. The minimum atomic E-state index is 0.117. The lowest BCUT2D eigenvalue weighted by molar-refractivity contribution is -0.117. The highest BCUT2D eigenvalue weighted by Gasteiger charge is 2.46. The molecule has 6 nitrogen and oxygen atoms in total. The van der Waals surface area contributed by atoms with Gasteiger partial charge in [-0.25, -0.2) is 0 Å². The van der Waals surface area contributed by atoms with Crippen molar-refractivity contribution in [2.24, 2.45) is 17.8 Å². The van der Waals surface area contributed by atoms with Crippen LogP contribution in [0, 0.1) is 17.8 Å². The first-order valence-electron chi connectivity index (χ1n) is 11.3. The molecule has 1 aromatic carbocycles. The highest BCUT2D eigenvalue weighted by atomic mass is 16.2. The van der Waals surface area contributed by atoms with Crippen molar-refractivity contribution in [3.63, 3.8) is 0 Å². The van der Waals surface area contributed by atoms with Gasteiger partial charge in [0.25, 0.3) is 5.91 Å². The SMILES string of the molecule is CCCN1CCN(C(=O)c2ccc(NC(=O)C3CC3)cc2N2CC3CC3C2)CC1. The van der Waals surface area contributed by atoms with Crippen molar-refractivity contribution < 1.29 is 9.59 Å². The fourth-order valence-corrected chi connectivity index (χ4v) is 4.90. The Balaban J connectivity index is 1.34. The van der Waals surface area contributed by atoms with E-state index in [1.807, 2.05) is 23.1 Å². The normalized spacial score (nSPS) is 26.4. The molecule has 5 rings (SSSR count). The molecule has 2 saturated carbocycles. The van der Waals surface area contributed by atoms with Gasteiger partial charge >= 0.3 is 0 Å². The monoisotopic (exact) mass is 396 g/mol. The molecule has 6 heteroatoms. The van der Waals surface area contributed by atoms with Gasteiger partial charge in [-0.05, 0) is 62.3 Å². The summed E-state index contributed by atoms with van der Waals surface area (Å²) in [5.41, 5.74) is 2.62. The Morgan fingerprint density at radius 2 is 1.79 bits per heavy atom. The summed E-state index contributed by atoms with van der Waals surface area (Å²) in [5, 5.41) is 3.06. The first-order chi connectivity index (χ1) is 14.1. The van der Waals surface area contributed by atoms with E-state index in [0.717, 1.165) is 93.8 Å². The number of fused-ring (bicyclic) bond motifs is 1. The third kappa shape index (κ3) is 4.00. The summed E-state index contributed by atoms with van der Waals surface area (Å²) in [6, 6.07) is 5.87. The van der Waals surface area contributed by atoms with Crippen molar-refractivity contribution in [3.05, 3.63) is 23.8 Å². The molecule has 0 spiro atoms. The van der Waals surface area contributed by atoms with Gasteiger partial charge in [-0.15, -0.1) is 0 Å². The zero-order chi connectivity index (χ0) is 20.0. The molecule has 0 bridgehead atoms. The summed E-state index contributed by atoms with van der Waals surface area (Å²) < 4.78 is 0. The van der Waals surface area contributed by atoms with E-state index in [2.05, 4.69) is 22.0 Å². The number of benzene rings is 1. The van der Waals surface area contributed by atoms with E-state index in [0.29, 0.717) is 0 Å². The number of piperazine rings is 1. The van der Waals surface area contributed by atoms with Crippen molar-refractivity contribution in [1.29, 1.82) is 0 Å². The number of nitrogens with one attached hydrogen (secondary N) is 1. The van der Waals surface area contributed by atoms with Crippen molar-refractivity contribution in [2.75, 3.05) is 56.0 Å². The molecule has 4 aliphatic rings. The topological polar surface area (TPSA) is 55.9 Å².